The van der Waals surface area contributed by atoms with Crippen molar-refractivity contribution in [2.45, 2.75) is 32.1 Å². The van der Waals surface area contributed by atoms with Crippen molar-refractivity contribution in [3.05, 3.63) is 33.9 Å². The van der Waals surface area contributed by atoms with Crippen molar-refractivity contribution >= 4 is 23.1 Å². The third kappa shape index (κ3) is 3.26. The highest BCUT2D eigenvalue weighted by atomic mass is 32.1. The number of hydrogen-bond acceptors (Lipinski definition) is 6. The SMILES string of the molecule is Cc1ccc(N2CCCN(C(=O)c3cnc(C4CC4)s3)CC2)nn1. The summed E-state index contributed by atoms with van der Waals surface area (Å²) in [6.45, 7) is 5.12. The zero-order chi connectivity index (χ0) is 16.5. The van der Waals surface area contributed by atoms with Crippen LogP contribution in [0, 0.1) is 6.92 Å². The molecule has 2 aliphatic rings. The van der Waals surface area contributed by atoms with Gasteiger partial charge in [0.15, 0.2) is 5.82 Å². The maximum Gasteiger partial charge on any atom is 0.265 e. The van der Waals surface area contributed by atoms with Crippen LogP contribution >= 0.6 is 11.3 Å². The maximum absolute atomic E-state index is 12.7. The number of hydrogen-bond donors (Lipinski definition) is 0. The lowest BCUT2D eigenvalue weighted by molar-refractivity contribution is 0.0771. The van der Waals surface area contributed by atoms with Gasteiger partial charge in [-0.2, -0.15) is 5.10 Å². The van der Waals surface area contributed by atoms with E-state index >= 15 is 0 Å². The van der Waals surface area contributed by atoms with E-state index in [0.29, 0.717) is 12.5 Å². The minimum atomic E-state index is 0.122. The van der Waals surface area contributed by atoms with Gasteiger partial charge in [0, 0.05) is 32.1 Å². The zero-order valence-corrected chi connectivity index (χ0v) is 14.6. The molecule has 126 valence electrons. The highest BCUT2D eigenvalue weighted by molar-refractivity contribution is 7.13. The Morgan fingerprint density at radius 1 is 1.17 bits per heavy atom. The van der Waals surface area contributed by atoms with E-state index in [4.69, 9.17) is 0 Å². The zero-order valence-electron chi connectivity index (χ0n) is 13.8. The topological polar surface area (TPSA) is 62.2 Å². The van der Waals surface area contributed by atoms with Crippen LogP contribution in [0.15, 0.2) is 18.3 Å². The predicted molar refractivity (Wildman–Crippen MR) is 93.6 cm³/mol. The Hall–Kier alpha value is -2.02. The van der Waals surface area contributed by atoms with Gasteiger partial charge < -0.3 is 9.80 Å². The van der Waals surface area contributed by atoms with E-state index in [1.165, 1.54) is 12.8 Å². The van der Waals surface area contributed by atoms with Crippen LogP contribution in [-0.2, 0) is 0 Å². The predicted octanol–water partition coefficient (Wildman–Crippen LogP) is 2.47. The van der Waals surface area contributed by atoms with Gasteiger partial charge in [-0.3, -0.25) is 4.79 Å². The number of thiazole rings is 1. The van der Waals surface area contributed by atoms with Crippen LogP contribution in [0.5, 0.6) is 0 Å². The lowest BCUT2D eigenvalue weighted by Gasteiger charge is -2.22. The van der Waals surface area contributed by atoms with Crippen molar-refractivity contribution in [3.63, 3.8) is 0 Å². The highest BCUT2D eigenvalue weighted by Gasteiger charge is 2.29. The molecule has 0 unspecified atom stereocenters. The molecule has 0 bridgehead atoms. The van der Waals surface area contributed by atoms with E-state index in [2.05, 4.69) is 20.1 Å². The molecule has 0 atom stereocenters. The molecule has 0 radical (unpaired) electrons. The first kappa shape index (κ1) is 15.5. The standard InChI is InChI=1S/C17H21N5OS/c1-12-3-6-15(20-19-12)21-7-2-8-22(10-9-21)17(23)14-11-18-16(24-14)13-4-5-13/h3,6,11,13H,2,4-5,7-10H2,1H3. The first-order valence-electron chi connectivity index (χ1n) is 8.51. The Balaban J connectivity index is 1.41. The molecule has 6 nitrogen and oxygen atoms in total. The van der Waals surface area contributed by atoms with Gasteiger partial charge in [0.25, 0.3) is 5.91 Å². The molecule has 1 aliphatic heterocycles. The lowest BCUT2D eigenvalue weighted by atomic mass is 10.3. The molecule has 2 aromatic heterocycles. The smallest absolute Gasteiger partial charge is 0.265 e. The second-order valence-electron chi connectivity index (χ2n) is 6.50. The van der Waals surface area contributed by atoms with Gasteiger partial charge >= 0.3 is 0 Å². The van der Waals surface area contributed by atoms with Gasteiger partial charge in [0.1, 0.15) is 4.88 Å². The number of carbonyl (C=O) groups is 1. The number of carbonyl (C=O) groups excluding carboxylic acids is 1. The van der Waals surface area contributed by atoms with Crippen LogP contribution in [0.4, 0.5) is 5.82 Å². The van der Waals surface area contributed by atoms with Crippen molar-refractivity contribution in [1.82, 2.24) is 20.1 Å². The van der Waals surface area contributed by atoms with E-state index < -0.39 is 0 Å². The molecule has 0 spiro atoms. The average molecular weight is 343 g/mol. The normalized spacial score (nSPS) is 18.5. The average Bonchev–Trinajstić information content (AvgIpc) is 3.37. The fourth-order valence-electron chi connectivity index (χ4n) is 2.97. The third-order valence-corrected chi connectivity index (χ3v) is 5.70. The molecule has 2 aromatic rings. The largest absolute Gasteiger partial charge is 0.353 e. The Labute approximate surface area is 145 Å². The summed E-state index contributed by atoms with van der Waals surface area (Å²) in [6, 6.07) is 3.98. The van der Waals surface area contributed by atoms with Gasteiger partial charge in [-0.1, -0.05) is 0 Å². The summed E-state index contributed by atoms with van der Waals surface area (Å²) in [5.41, 5.74) is 0.919. The Morgan fingerprint density at radius 2 is 2.04 bits per heavy atom. The summed E-state index contributed by atoms with van der Waals surface area (Å²) in [5.74, 6) is 1.62. The summed E-state index contributed by atoms with van der Waals surface area (Å²) < 4.78 is 0. The maximum atomic E-state index is 12.7. The van der Waals surface area contributed by atoms with Crippen molar-refractivity contribution in [3.8, 4) is 0 Å². The monoisotopic (exact) mass is 343 g/mol. The second-order valence-corrected chi connectivity index (χ2v) is 7.56. The van der Waals surface area contributed by atoms with Crippen LogP contribution in [0.1, 0.15) is 45.6 Å². The lowest BCUT2D eigenvalue weighted by Crippen LogP contribution is -2.35. The molecule has 1 amide bonds. The number of aromatic nitrogens is 3. The molecular formula is C17H21N5OS. The third-order valence-electron chi connectivity index (χ3n) is 4.55. The van der Waals surface area contributed by atoms with Gasteiger partial charge in [-0.05, 0) is 38.3 Å². The molecule has 7 heteroatoms. The number of rotatable bonds is 3. The number of nitrogens with zero attached hydrogens (tertiary/aromatic N) is 5. The fourth-order valence-corrected chi connectivity index (χ4v) is 4.03. The quantitative estimate of drug-likeness (QED) is 0.857. The summed E-state index contributed by atoms with van der Waals surface area (Å²) in [7, 11) is 0. The van der Waals surface area contributed by atoms with Crippen LogP contribution in [0.25, 0.3) is 0 Å². The van der Waals surface area contributed by atoms with Crippen molar-refractivity contribution in [1.29, 1.82) is 0 Å². The molecule has 1 saturated heterocycles. The second kappa shape index (κ2) is 6.47. The molecule has 4 rings (SSSR count). The van der Waals surface area contributed by atoms with Crippen LogP contribution in [0.3, 0.4) is 0 Å². The molecule has 24 heavy (non-hydrogen) atoms. The van der Waals surface area contributed by atoms with Crippen LogP contribution in [-0.4, -0.2) is 52.2 Å². The van der Waals surface area contributed by atoms with E-state index in [0.717, 1.165) is 47.5 Å². The van der Waals surface area contributed by atoms with E-state index in [-0.39, 0.29) is 5.91 Å². The Kier molecular flexibility index (Phi) is 4.18. The number of aryl methyl sites for hydroxylation is 1. The highest BCUT2D eigenvalue weighted by Crippen LogP contribution is 2.41. The van der Waals surface area contributed by atoms with E-state index in [9.17, 15) is 4.79 Å². The van der Waals surface area contributed by atoms with Crippen molar-refractivity contribution in [2.75, 3.05) is 31.1 Å². The summed E-state index contributed by atoms with van der Waals surface area (Å²) in [5, 5.41) is 9.53. The van der Waals surface area contributed by atoms with Crippen LogP contribution < -0.4 is 4.90 Å². The Morgan fingerprint density at radius 3 is 2.79 bits per heavy atom. The minimum absolute atomic E-state index is 0.122. The van der Waals surface area contributed by atoms with Gasteiger partial charge in [0.05, 0.1) is 16.9 Å². The van der Waals surface area contributed by atoms with Gasteiger partial charge in [-0.25, -0.2) is 4.98 Å². The molecule has 1 aliphatic carbocycles. The first-order valence-corrected chi connectivity index (χ1v) is 9.32. The Bertz CT molecular complexity index is 725. The molecule has 3 heterocycles. The van der Waals surface area contributed by atoms with E-state index in [1.807, 2.05) is 24.0 Å². The number of amides is 1. The molecule has 1 saturated carbocycles. The number of anilines is 1. The summed E-state index contributed by atoms with van der Waals surface area (Å²) >= 11 is 1.57. The van der Waals surface area contributed by atoms with Crippen molar-refractivity contribution in [2.24, 2.45) is 0 Å². The van der Waals surface area contributed by atoms with Gasteiger partial charge in [0.2, 0.25) is 0 Å². The van der Waals surface area contributed by atoms with Crippen molar-refractivity contribution < 1.29 is 4.79 Å². The van der Waals surface area contributed by atoms with E-state index in [1.54, 1.807) is 17.5 Å². The summed E-state index contributed by atoms with van der Waals surface area (Å²) in [4.78, 5) is 22.1. The summed E-state index contributed by atoms with van der Waals surface area (Å²) in [6.07, 6.45) is 5.14. The van der Waals surface area contributed by atoms with Gasteiger partial charge in [-0.15, -0.1) is 16.4 Å². The first-order chi connectivity index (χ1) is 11.7. The fraction of sp³-hybridized carbons (Fsp3) is 0.529. The molecule has 0 aromatic carbocycles. The molecule has 2 fully saturated rings. The molecule has 0 N–H and O–H groups in total. The minimum Gasteiger partial charge on any atom is -0.353 e. The molecular weight excluding hydrogens is 322 g/mol. The van der Waals surface area contributed by atoms with Crippen LogP contribution in [0.2, 0.25) is 0 Å².